The van der Waals surface area contributed by atoms with Crippen molar-refractivity contribution in [1.82, 2.24) is 4.90 Å². The van der Waals surface area contributed by atoms with Gasteiger partial charge in [-0.05, 0) is 16.8 Å². The standard InChI is InChI=1S/C17H17NO2/c1-17(2)10-18(3)16(20)13-9-8-11-6-4-5-7-12(11)14(13)15(17)19/h4-9H,10H2,1-3H3. The second kappa shape index (κ2) is 4.17. The van der Waals surface area contributed by atoms with Gasteiger partial charge in [0.15, 0.2) is 5.78 Å². The largest absolute Gasteiger partial charge is 0.341 e. The second-order valence-corrected chi connectivity index (χ2v) is 6.08. The molecule has 1 aliphatic rings. The predicted molar refractivity (Wildman–Crippen MR) is 79.0 cm³/mol. The lowest BCUT2D eigenvalue weighted by Crippen LogP contribution is -2.36. The Kier molecular flexibility index (Phi) is 2.68. The van der Waals surface area contributed by atoms with Crippen molar-refractivity contribution in [1.29, 1.82) is 0 Å². The highest BCUT2D eigenvalue weighted by Crippen LogP contribution is 2.33. The van der Waals surface area contributed by atoms with Gasteiger partial charge in [0.2, 0.25) is 0 Å². The summed E-state index contributed by atoms with van der Waals surface area (Å²) in [6.45, 7) is 4.24. The first-order chi connectivity index (χ1) is 9.42. The van der Waals surface area contributed by atoms with Gasteiger partial charge in [0.1, 0.15) is 0 Å². The van der Waals surface area contributed by atoms with Crippen molar-refractivity contribution in [3.63, 3.8) is 0 Å². The Hall–Kier alpha value is -2.16. The fourth-order valence-corrected chi connectivity index (χ4v) is 2.97. The minimum atomic E-state index is -0.570. The Labute approximate surface area is 118 Å². The van der Waals surface area contributed by atoms with Crippen molar-refractivity contribution in [2.24, 2.45) is 5.41 Å². The number of benzene rings is 2. The number of carbonyl (C=O) groups excluding carboxylic acids is 2. The van der Waals surface area contributed by atoms with Gasteiger partial charge in [-0.3, -0.25) is 9.59 Å². The summed E-state index contributed by atoms with van der Waals surface area (Å²) < 4.78 is 0. The lowest BCUT2D eigenvalue weighted by Gasteiger charge is -2.25. The molecule has 0 radical (unpaired) electrons. The molecule has 3 nitrogen and oxygen atoms in total. The Morgan fingerprint density at radius 1 is 1.05 bits per heavy atom. The molecule has 0 aromatic heterocycles. The summed E-state index contributed by atoms with van der Waals surface area (Å²) in [6, 6.07) is 11.4. The molecule has 102 valence electrons. The number of Topliss-reactive ketones (excluding diaryl/α,β-unsaturated/α-hetero) is 1. The van der Waals surface area contributed by atoms with Gasteiger partial charge in [0, 0.05) is 24.6 Å². The van der Waals surface area contributed by atoms with E-state index >= 15 is 0 Å². The van der Waals surface area contributed by atoms with E-state index in [0.717, 1.165) is 10.8 Å². The molecule has 0 unspecified atom stereocenters. The van der Waals surface area contributed by atoms with Crippen LogP contribution in [0.4, 0.5) is 0 Å². The van der Waals surface area contributed by atoms with E-state index in [2.05, 4.69) is 0 Å². The topological polar surface area (TPSA) is 37.4 Å². The zero-order valence-corrected chi connectivity index (χ0v) is 11.9. The first-order valence-electron chi connectivity index (χ1n) is 6.74. The summed E-state index contributed by atoms with van der Waals surface area (Å²) in [6.07, 6.45) is 0. The highest BCUT2D eigenvalue weighted by atomic mass is 16.2. The van der Waals surface area contributed by atoms with Gasteiger partial charge < -0.3 is 4.90 Å². The van der Waals surface area contributed by atoms with Crippen molar-refractivity contribution in [2.45, 2.75) is 13.8 Å². The summed E-state index contributed by atoms with van der Waals surface area (Å²) in [7, 11) is 1.75. The van der Waals surface area contributed by atoms with Crippen LogP contribution in [0.15, 0.2) is 36.4 Å². The Balaban J connectivity index is 2.41. The molecule has 0 atom stereocenters. The summed E-state index contributed by atoms with van der Waals surface area (Å²) in [4.78, 5) is 27.0. The second-order valence-electron chi connectivity index (χ2n) is 6.08. The van der Waals surface area contributed by atoms with E-state index in [1.807, 2.05) is 44.2 Å². The first kappa shape index (κ1) is 12.9. The molecule has 0 fully saturated rings. The summed E-state index contributed by atoms with van der Waals surface area (Å²) in [5, 5.41) is 1.86. The molecule has 3 heteroatoms. The number of fused-ring (bicyclic) bond motifs is 3. The molecule has 0 saturated carbocycles. The SMILES string of the molecule is CN1CC(C)(C)C(=O)c2c(ccc3ccccc23)C1=O. The molecule has 3 rings (SSSR count). The van der Waals surface area contributed by atoms with Gasteiger partial charge in [-0.25, -0.2) is 0 Å². The van der Waals surface area contributed by atoms with Crippen LogP contribution in [0.5, 0.6) is 0 Å². The maximum atomic E-state index is 12.9. The molecule has 1 aliphatic heterocycles. The van der Waals surface area contributed by atoms with Crippen LogP contribution in [0.1, 0.15) is 34.6 Å². The fourth-order valence-electron chi connectivity index (χ4n) is 2.97. The number of hydrogen-bond donors (Lipinski definition) is 0. The molecule has 1 amide bonds. The smallest absolute Gasteiger partial charge is 0.254 e. The summed E-state index contributed by atoms with van der Waals surface area (Å²) >= 11 is 0. The van der Waals surface area contributed by atoms with E-state index in [9.17, 15) is 9.59 Å². The third-order valence-corrected chi connectivity index (χ3v) is 3.98. The number of ketones is 1. The molecule has 0 bridgehead atoms. The molecule has 0 saturated heterocycles. The van der Waals surface area contributed by atoms with Crippen molar-refractivity contribution in [3.05, 3.63) is 47.5 Å². The monoisotopic (exact) mass is 267 g/mol. The minimum absolute atomic E-state index is 0.0435. The van der Waals surface area contributed by atoms with Crippen LogP contribution >= 0.6 is 0 Å². The Bertz CT molecular complexity index is 731. The Morgan fingerprint density at radius 2 is 1.75 bits per heavy atom. The van der Waals surface area contributed by atoms with Gasteiger partial charge in [0.05, 0.1) is 5.56 Å². The van der Waals surface area contributed by atoms with Gasteiger partial charge in [-0.1, -0.05) is 44.2 Å². The van der Waals surface area contributed by atoms with Crippen LogP contribution < -0.4 is 0 Å². The summed E-state index contributed by atoms with van der Waals surface area (Å²) in [5.74, 6) is -0.0355. The average molecular weight is 267 g/mol. The number of amides is 1. The van der Waals surface area contributed by atoms with Crippen molar-refractivity contribution >= 4 is 22.5 Å². The van der Waals surface area contributed by atoms with E-state index in [-0.39, 0.29) is 11.7 Å². The van der Waals surface area contributed by atoms with Gasteiger partial charge in [0.25, 0.3) is 5.91 Å². The van der Waals surface area contributed by atoms with E-state index in [1.54, 1.807) is 18.0 Å². The highest BCUT2D eigenvalue weighted by Gasteiger charge is 2.38. The molecule has 20 heavy (non-hydrogen) atoms. The Morgan fingerprint density at radius 3 is 2.50 bits per heavy atom. The molecular weight excluding hydrogens is 250 g/mol. The lowest BCUT2D eigenvalue weighted by molar-refractivity contribution is 0.0705. The van der Waals surface area contributed by atoms with Crippen molar-refractivity contribution in [3.8, 4) is 0 Å². The lowest BCUT2D eigenvalue weighted by atomic mass is 9.82. The molecule has 2 aromatic rings. The van der Waals surface area contributed by atoms with E-state index in [4.69, 9.17) is 0 Å². The quantitative estimate of drug-likeness (QED) is 0.735. The molecular formula is C17H17NO2. The van der Waals surface area contributed by atoms with Crippen molar-refractivity contribution < 1.29 is 9.59 Å². The zero-order chi connectivity index (χ0) is 14.5. The average Bonchev–Trinajstić information content (AvgIpc) is 2.49. The number of nitrogens with zero attached hydrogens (tertiary/aromatic N) is 1. The zero-order valence-electron chi connectivity index (χ0n) is 11.9. The number of carbonyl (C=O) groups is 2. The van der Waals surface area contributed by atoms with Crippen LogP contribution in [0, 0.1) is 5.41 Å². The van der Waals surface area contributed by atoms with Crippen LogP contribution in [0.3, 0.4) is 0 Å². The number of hydrogen-bond acceptors (Lipinski definition) is 2. The van der Waals surface area contributed by atoms with Crippen LogP contribution in [-0.4, -0.2) is 30.2 Å². The first-order valence-corrected chi connectivity index (χ1v) is 6.74. The predicted octanol–water partition coefficient (Wildman–Crippen LogP) is 3.13. The van der Waals surface area contributed by atoms with E-state index in [0.29, 0.717) is 17.7 Å². The highest BCUT2D eigenvalue weighted by molar-refractivity contribution is 6.19. The minimum Gasteiger partial charge on any atom is -0.341 e. The third kappa shape index (κ3) is 1.73. The van der Waals surface area contributed by atoms with Crippen LogP contribution in [-0.2, 0) is 0 Å². The summed E-state index contributed by atoms with van der Waals surface area (Å²) in [5.41, 5.74) is 0.518. The molecule has 0 aliphatic carbocycles. The van der Waals surface area contributed by atoms with Gasteiger partial charge in [-0.15, -0.1) is 0 Å². The normalized spacial score (nSPS) is 18.1. The van der Waals surface area contributed by atoms with E-state index in [1.165, 1.54) is 0 Å². The van der Waals surface area contributed by atoms with E-state index < -0.39 is 5.41 Å². The molecule has 1 heterocycles. The van der Waals surface area contributed by atoms with Crippen LogP contribution in [0.2, 0.25) is 0 Å². The number of rotatable bonds is 0. The third-order valence-electron chi connectivity index (χ3n) is 3.98. The van der Waals surface area contributed by atoms with Gasteiger partial charge >= 0.3 is 0 Å². The molecule has 0 spiro atoms. The molecule has 2 aromatic carbocycles. The van der Waals surface area contributed by atoms with Crippen LogP contribution in [0.25, 0.3) is 10.8 Å². The fraction of sp³-hybridized carbons (Fsp3) is 0.294. The molecule has 0 N–H and O–H groups in total. The maximum Gasteiger partial charge on any atom is 0.254 e. The van der Waals surface area contributed by atoms with Gasteiger partial charge in [-0.2, -0.15) is 0 Å². The maximum absolute atomic E-state index is 12.9. The van der Waals surface area contributed by atoms with Crippen molar-refractivity contribution in [2.75, 3.05) is 13.6 Å².